The maximum absolute atomic E-state index is 13.1. The number of hydrogen-bond donors (Lipinski definition) is 1. The third kappa shape index (κ3) is 3.05. The summed E-state index contributed by atoms with van der Waals surface area (Å²) in [4.78, 5) is 4.17. The first-order valence-electron chi connectivity index (χ1n) is 5.40. The van der Waals surface area contributed by atoms with Crippen LogP contribution in [0.25, 0.3) is 0 Å². The lowest BCUT2D eigenvalue weighted by Gasteiger charge is -2.09. The number of pyridine rings is 1. The van der Waals surface area contributed by atoms with Crippen LogP contribution in [0, 0.1) is 5.82 Å². The van der Waals surface area contributed by atoms with Gasteiger partial charge in [-0.2, -0.15) is 0 Å². The molecule has 0 fully saturated rings. The smallest absolute Gasteiger partial charge is 0.145 e. The first-order valence-corrected chi connectivity index (χ1v) is 6.20. The van der Waals surface area contributed by atoms with Crippen LogP contribution in [0.1, 0.15) is 18.7 Å². The van der Waals surface area contributed by atoms with Gasteiger partial charge in [0, 0.05) is 12.1 Å². The molecule has 0 bridgehead atoms. The minimum atomic E-state index is -0.353. The monoisotopic (exact) mass is 310 g/mol. The fraction of sp³-hybridized carbons (Fsp3) is 0.154. The van der Waals surface area contributed by atoms with E-state index in [4.69, 9.17) is 10.5 Å². The molecule has 0 aliphatic rings. The van der Waals surface area contributed by atoms with E-state index in [1.165, 1.54) is 12.1 Å². The van der Waals surface area contributed by atoms with Gasteiger partial charge in [0.1, 0.15) is 17.3 Å². The lowest BCUT2D eigenvalue weighted by Crippen LogP contribution is -2.06. The molecule has 0 saturated heterocycles. The molecule has 0 radical (unpaired) electrons. The van der Waals surface area contributed by atoms with Crippen molar-refractivity contribution in [1.29, 1.82) is 0 Å². The van der Waals surface area contributed by atoms with Crippen molar-refractivity contribution >= 4 is 15.9 Å². The van der Waals surface area contributed by atoms with Crippen LogP contribution in [0.5, 0.6) is 11.5 Å². The van der Waals surface area contributed by atoms with Crippen molar-refractivity contribution in [3.05, 3.63) is 52.5 Å². The topological polar surface area (TPSA) is 48.1 Å². The van der Waals surface area contributed by atoms with Gasteiger partial charge in [-0.15, -0.1) is 0 Å². The summed E-state index contributed by atoms with van der Waals surface area (Å²) in [5.41, 5.74) is 6.48. The number of rotatable bonds is 3. The summed E-state index contributed by atoms with van der Waals surface area (Å²) in [6, 6.07) is 7.67. The third-order valence-corrected chi connectivity index (χ3v) is 3.00. The molecule has 18 heavy (non-hydrogen) atoms. The Hall–Kier alpha value is -1.46. The normalized spacial score (nSPS) is 12.2. The lowest BCUT2D eigenvalue weighted by atomic mass is 10.2. The van der Waals surface area contributed by atoms with Crippen molar-refractivity contribution < 1.29 is 9.13 Å². The SMILES string of the molecule is CC(N)c1ccc(Oc2cc(F)ccc2Br)cn1. The predicted molar refractivity (Wildman–Crippen MR) is 71.0 cm³/mol. The van der Waals surface area contributed by atoms with Gasteiger partial charge in [0.05, 0.1) is 16.4 Å². The van der Waals surface area contributed by atoms with Crippen LogP contribution in [-0.4, -0.2) is 4.98 Å². The number of hydrogen-bond acceptors (Lipinski definition) is 3. The van der Waals surface area contributed by atoms with Crippen molar-refractivity contribution in [1.82, 2.24) is 4.98 Å². The van der Waals surface area contributed by atoms with Gasteiger partial charge in [0.25, 0.3) is 0 Å². The molecule has 1 heterocycles. The minimum absolute atomic E-state index is 0.125. The van der Waals surface area contributed by atoms with Gasteiger partial charge in [-0.1, -0.05) is 0 Å². The van der Waals surface area contributed by atoms with Crippen LogP contribution in [-0.2, 0) is 0 Å². The number of ether oxygens (including phenoxy) is 1. The summed E-state index contributed by atoms with van der Waals surface area (Å²) in [5, 5.41) is 0. The average Bonchev–Trinajstić information content (AvgIpc) is 2.34. The highest BCUT2D eigenvalue weighted by atomic mass is 79.9. The summed E-state index contributed by atoms with van der Waals surface area (Å²) < 4.78 is 19.3. The number of nitrogens with two attached hydrogens (primary N) is 1. The molecular formula is C13H12BrFN2O. The molecule has 0 aliphatic heterocycles. The molecule has 2 rings (SSSR count). The van der Waals surface area contributed by atoms with Crippen molar-refractivity contribution in [3.63, 3.8) is 0 Å². The Morgan fingerprint density at radius 2 is 2.11 bits per heavy atom. The Morgan fingerprint density at radius 1 is 1.33 bits per heavy atom. The quantitative estimate of drug-likeness (QED) is 0.938. The highest BCUT2D eigenvalue weighted by Gasteiger charge is 2.06. The Bertz CT molecular complexity index is 543. The Balaban J connectivity index is 2.21. The molecule has 1 aromatic heterocycles. The Morgan fingerprint density at radius 3 is 2.72 bits per heavy atom. The lowest BCUT2D eigenvalue weighted by molar-refractivity contribution is 0.470. The van der Waals surface area contributed by atoms with E-state index in [-0.39, 0.29) is 11.9 Å². The van der Waals surface area contributed by atoms with Crippen molar-refractivity contribution in [2.24, 2.45) is 5.73 Å². The molecule has 1 atom stereocenters. The fourth-order valence-corrected chi connectivity index (χ4v) is 1.73. The summed E-state index contributed by atoms with van der Waals surface area (Å²) in [6.07, 6.45) is 1.57. The van der Waals surface area contributed by atoms with Gasteiger partial charge in [0.15, 0.2) is 0 Å². The fourth-order valence-electron chi connectivity index (χ4n) is 1.40. The van der Waals surface area contributed by atoms with E-state index in [9.17, 15) is 4.39 Å². The van der Waals surface area contributed by atoms with Gasteiger partial charge in [0.2, 0.25) is 0 Å². The third-order valence-electron chi connectivity index (χ3n) is 2.35. The molecule has 94 valence electrons. The van der Waals surface area contributed by atoms with E-state index < -0.39 is 0 Å². The molecule has 0 aliphatic carbocycles. The van der Waals surface area contributed by atoms with E-state index in [0.717, 1.165) is 5.69 Å². The van der Waals surface area contributed by atoms with Gasteiger partial charge < -0.3 is 10.5 Å². The highest BCUT2D eigenvalue weighted by Crippen LogP contribution is 2.30. The zero-order valence-corrected chi connectivity index (χ0v) is 11.3. The van der Waals surface area contributed by atoms with Crippen LogP contribution < -0.4 is 10.5 Å². The van der Waals surface area contributed by atoms with Crippen LogP contribution >= 0.6 is 15.9 Å². The van der Waals surface area contributed by atoms with Crippen molar-refractivity contribution in [2.75, 3.05) is 0 Å². The molecule has 1 unspecified atom stereocenters. The average molecular weight is 311 g/mol. The van der Waals surface area contributed by atoms with E-state index in [2.05, 4.69) is 20.9 Å². The molecule has 0 amide bonds. The maximum Gasteiger partial charge on any atom is 0.145 e. The van der Waals surface area contributed by atoms with Gasteiger partial charge in [-0.05, 0) is 47.1 Å². The molecule has 5 heteroatoms. The van der Waals surface area contributed by atoms with E-state index in [1.807, 2.05) is 6.92 Å². The standard InChI is InChI=1S/C13H12BrFN2O/c1-8(16)12-5-3-10(7-17-12)18-13-6-9(15)2-4-11(13)14/h2-8H,16H2,1H3. The number of aromatic nitrogens is 1. The van der Waals surface area contributed by atoms with Crippen LogP contribution in [0.2, 0.25) is 0 Å². The second kappa shape index (κ2) is 5.46. The number of nitrogens with zero attached hydrogens (tertiary/aromatic N) is 1. The Kier molecular flexibility index (Phi) is 3.93. The zero-order valence-electron chi connectivity index (χ0n) is 9.73. The first-order chi connectivity index (χ1) is 8.56. The number of benzene rings is 1. The first kappa shape index (κ1) is 13.0. The number of halogens is 2. The zero-order chi connectivity index (χ0) is 13.1. The van der Waals surface area contributed by atoms with E-state index in [1.54, 1.807) is 24.4 Å². The summed E-state index contributed by atoms with van der Waals surface area (Å²) in [5.74, 6) is 0.587. The molecule has 0 saturated carbocycles. The van der Waals surface area contributed by atoms with Gasteiger partial charge in [-0.25, -0.2) is 4.39 Å². The van der Waals surface area contributed by atoms with Crippen LogP contribution in [0.15, 0.2) is 41.0 Å². The Labute approximate surface area is 113 Å². The maximum atomic E-state index is 13.1. The highest BCUT2D eigenvalue weighted by molar-refractivity contribution is 9.10. The molecule has 0 spiro atoms. The van der Waals surface area contributed by atoms with Gasteiger partial charge >= 0.3 is 0 Å². The summed E-state index contributed by atoms with van der Waals surface area (Å²) in [7, 11) is 0. The summed E-state index contributed by atoms with van der Waals surface area (Å²) in [6.45, 7) is 1.85. The van der Waals surface area contributed by atoms with E-state index >= 15 is 0 Å². The molecule has 2 N–H and O–H groups in total. The molecule has 3 nitrogen and oxygen atoms in total. The van der Waals surface area contributed by atoms with Crippen LogP contribution in [0.3, 0.4) is 0 Å². The van der Waals surface area contributed by atoms with Crippen molar-refractivity contribution in [2.45, 2.75) is 13.0 Å². The second-order valence-electron chi connectivity index (χ2n) is 3.88. The van der Waals surface area contributed by atoms with Gasteiger partial charge in [-0.3, -0.25) is 4.98 Å². The summed E-state index contributed by atoms with van der Waals surface area (Å²) >= 11 is 3.29. The van der Waals surface area contributed by atoms with Crippen LogP contribution in [0.4, 0.5) is 4.39 Å². The second-order valence-corrected chi connectivity index (χ2v) is 4.74. The van der Waals surface area contributed by atoms with Crippen molar-refractivity contribution in [3.8, 4) is 11.5 Å². The van der Waals surface area contributed by atoms with E-state index in [0.29, 0.717) is 16.0 Å². The molecule has 1 aromatic carbocycles. The molecule has 2 aromatic rings. The largest absolute Gasteiger partial charge is 0.454 e. The molecular weight excluding hydrogens is 299 g/mol. The predicted octanol–water partition coefficient (Wildman–Crippen LogP) is 3.80. The minimum Gasteiger partial charge on any atom is -0.454 e.